The van der Waals surface area contributed by atoms with Gasteiger partial charge in [0.2, 0.25) is 5.91 Å². The second-order valence-electron chi connectivity index (χ2n) is 5.16. The quantitative estimate of drug-likeness (QED) is 0.840. The predicted molar refractivity (Wildman–Crippen MR) is 80.1 cm³/mol. The summed E-state index contributed by atoms with van der Waals surface area (Å²) in [4.78, 5) is 12.2. The maximum absolute atomic E-state index is 12.2. The molecule has 0 heterocycles. The van der Waals surface area contributed by atoms with Crippen LogP contribution < -0.4 is 11.1 Å². The van der Waals surface area contributed by atoms with Crippen LogP contribution in [0, 0.1) is 0 Å². The second-order valence-corrected chi connectivity index (χ2v) is 5.59. The lowest BCUT2D eigenvalue weighted by atomic mass is 9.95. The van der Waals surface area contributed by atoms with Crippen LogP contribution in [0.2, 0.25) is 5.02 Å². The number of hydrogen-bond donors (Lipinski definition) is 2. The van der Waals surface area contributed by atoms with Crippen molar-refractivity contribution in [1.29, 1.82) is 0 Å². The number of carbonyl (C=O) groups excluding carboxylic acids is 1. The highest BCUT2D eigenvalue weighted by atomic mass is 35.5. The molecule has 106 valence electrons. The van der Waals surface area contributed by atoms with Gasteiger partial charge in [-0.25, -0.2) is 0 Å². The molecule has 3 N–H and O–H groups in total. The summed E-state index contributed by atoms with van der Waals surface area (Å²) in [5, 5.41) is 3.69. The van der Waals surface area contributed by atoms with Gasteiger partial charge in [-0.2, -0.15) is 0 Å². The Morgan fingerprint density at radius 1 is 1.47 bits per heavy atom. The Hall–Kier alpha value is -1.06. The van der Waals surface area contributed by atoms with Crippen molar-refractivity contribution < 1.29 is 4.79 Å². The number of halogens is 1. The summed E-state index contributed by atoms with van der Waals surface area (Å²) in [6.45, 7) is 5.82. The summed E-state index contributed by atoms with van der Waals surface area (Å²) >= 11 is 5.98. The van der Waals surface area contributed by atoms with E-state index >= 15 is 0 Å². The number of hydrogen-bond acceptors (Lipinski definition) is 2. The summed E-state index contributed by atoms with van der Waals surface area (Å²) in [7, 11) is 0. The lowest BCUT2D eigenvalue weighted by Gasteiger charge is -2.27. The SMILES string of the molecule is CCCC(C)(N)C(=O)NC(CC)c1cccc(Cl)c1. The minimum absolute atomic E-state index is 0.0501. The number of amides is 1. The molecule has 0 aliphatic carbocycles. The van der Waals surface area contributed by atoms with E-state index in [1.165, 1.54) is 0 Å². The second kappa shape index (κ2) is 6.92. The third-order valence-corrected chi connectivity index (χ3v) is 3.49. The first-order valence-electron chi connectivity index (χ1n) is 6.76. The van der Waals surface area contributed by atoms with Crippen molar-refractivity contribution in [2.75, 3.05) is 0 Å². The molecule has 0 fully saturated rings. The van der Waals surface area contributed by atoms with Crippen molar-refractivity contribution in [2.45, 2.75) is 51.6 Å². The molecular weight excluding hydrogens is 260 g/mol. The van der Waals surface area contributed by atoms with E-state index in [1.807, 2.05) is 38.1 Å². The Balaban J connectivity index is 2.80. The molecule has 1 rings (SSSR count). The van der Waals surface area contributed by atoms with Crippen LogP contribution in [0.25, 0.3) is 0 Å². The molecule has 0 bridgehead atoms. The summed E-state index contributed by atoms with van der Waals surface area (Å²) in [5.41, 5.74) is 6.23. The van der Waals surface area contributed by atoms with Crippen LogP contribution in [0.1, 0.15) is 51.6 Å². The molecule has 4 heteroatoms. The Labute approximate surface area is 120 Å². The normalized spacial score (nSPS) is 15.6. The molecular formula is C15H23ClN2O. The van der Waals surface area contributed by atoms with Crippen LogP contribution in [-0.2, 0) is 4.79 Å². The summed E-state index contributed by atoms with van der Waals surface area (Å²) < 4.78 is 0. The highest BCUT2D eigenvalue weighted by Crippen LogP contribution is 2.21. The van der Waals surface area contributed by atoms with E-state index in [9.17, 15) is 4.79 Å². The fraction of sp³-hybridized carbons (Fsp3) is 0.533. The number of nitrogens with one attached hydrogen (secondary N) is 1. The van der Waals surface area contributed by atoms with Crippen LogP contribution in [-0.4, -0.2) is 11.4 Å². The largest absolute Gasteiger partial charge is 0.348 e. The highest BCUT2D eigenvalue weighted by Gasteiger charge is 2.28. The average molecular weight is 283 g/mol. The molecule has 1 aromatic carbocycles. The van der Waals surface area contributed by atoms with Gasteiger partial charge < -0.3 is 11.1 Å². The molecule has 0 aromatic heterocycles. The number of nitrogens with two attached hydrogens (primary N) is 1. The first kappa shape index (κ1) is 16.0. The molecule has 0 saturated carbocycles. The van der Waals surface area contributed by atoms with Crippen molar-refractivity contribution in [1.82, 2.24) is 5.32 Å². The first-order valence-corrected chi connectivity index (χ1v) is 7.13. The number of benzene rings is 1. The van der Waals surface area contributed by atoms with Gasteiger partial charge in [0.25, 0.3) is 0 Å². The van der Waals surface area contributed by atoms with Gasteiger partial charge in [-0.3, -0.25) is 4.79 Å². The molecule has 2 unspecified atom stereocenters. The summed E-state index contributed by atoms with van der Waals surface area (Å²) in [6.07, 6.45) is 2.35. The Kier molecular flexibility index (Phi) is 5.83. The lowest BCUT2D eigenvalue weighted by Crippen LogP contribution is -2.52. The number of carbonyl (C=O) groups is 1. The highest BCUT2D eigenvalue weighted by molar-refractivity contribution is 6.30. The number of rotatable bonds is 6. The van der Waals surface area contributed by atoms with Gasteiger partial charge in [0.05, 0.1) is 11.6 Å². The maximum Gasteiger partial charge on any atom is 0.240 e. The zero-order valence-electron chi connectivity index (χ0n) is 11.9. The Bertz CT molecular complexity index is 432. The monoisotopic (exact) mass is 282 g/mol. The van der Waals surface area contributed by atoms with Crippen molar-refractivity contribution in [3.05, 3.63) is 34.9 Å². The fourth-order valence-corrected chi connectivity index (χ4v) is 2.30. The zero-order valence-corrected chi connectivity index (χ0v) is 12.6. The van der Waals surface area contributed by atoms with Crippen LogP contribution >= 0.6 is 11.6 Å². The predicted octanol–water partition coefficient (Wildman–Crippen LogP) is 3.42. The van der Waals surface area contributed by atoms with E-state index < -0.39 is 5.54 Å². The molecule has 0 aliphatic rings. The zero-order chi connectivity index (χ0) is 14.5. The van der Waals surface area contributed by atoms with Gasteiger partial charge in [-0.15, -0.1) is 0 Å². The van der Waals surface area contributed by atoms with Gasteiger partial charge in [-0.1, -0.05) is 44.0 Å². The third kappa shape index (κ3) is 4.51. The van der Waals surface area contributed by atoms with E-state index in [-0.39, 0.29) is 11.9 Å². The van der Waals surface area contributed by atoms with Crippen molar-refractivity contribution in [3.63, 3.8) is 0 Å². The van der Waals surface area contributed by atoms with E-state index in [1.54, 1.807) is 6.92 Å². The summed E-state index contributed by atoms with van der Waals surface area (Å²) in [5.74, 6) is -0.110. The van der Waals surface area contributed by atoms with Crippen molar-refractivity contribution >= 4 is 17.5 Å². The van der Waals surface area contributed by atoms with Crippen LogP contribution in [0.15, 0.2) is 24.3 Å². The van der Waals surface area contributed by atoms with E-state index in [0.29, 0.717) is 11.4 Å². The molecule has 19 heavy (non-hydrogen) atoms. The molecule has 1 aromatic rings. The Morgan fingerprint density at radius 2 is 2.16 bits per heavy atom. The Morgan fingerprint density at radius 3 is 2.68 bits per heavy atom. The van der Waals surface area contributed by atoms with Gasteiger partial charge in [0.15, 0.2) is 0 Å². The molecule has 0 saturated heterocycles. The van der Waals surface area contributed by atoms with Crippen LogP contribution in [0.3, 0.4) is 0 Å². The van der Waals surface area contributed by atoms with Crippen molar-refractivity contribution in [2.24, 2.45) is 5.73 Å². The molecule has 0 spiro atoms. The summed E-state index contributed by atoms with van der Waals surface area (Å²) in [6, 6.07) is 7.51. The van der Waals surface area contributed by atoms with Crippen LogP contribution in [0.4, 0.5) is 0 Å². The van der Waals surface area contributed by atoms with E-state index in [0.717, 1.165) is 18.4 Å². The fourth-order valence-electron chi connectivity index (χ4n) is 2.10. The molecule has 0 aliphatic heterocycles. The molecule has 1 amide bonds. The standard InChI is InChI=1S/C15H23ClN2O/c1-4-9-15(3,17)14(19)18-13(5-2)11-7-6-8-12(16)10-11/h6-8,10,13H,4-5,9,17H2,1-3H3,(H,18,19). The minimum Gasteiger partial charge on any atom is -0.348 e. The smallest absolute Gasteiger partial charge is 0.240 e. The minimum atomic E-state index is -0.819. The topological polar surface area (TPSA) is 55.1 Å². The molecule has 3 nitrogen and oxygen atoms in total. The van der Waals surface area contributed by atoms with E-state index in [4.69, 9.17) is 17.3 Å². The van der Waals surface area contributed by atoms with Gasteiger partial charge in [0, 0.05) is 5.02 Å². The molecule has 2 atom stereocenters. The van der Waals surface area contributed by atoms with E-state index in [2.05, 4.69) is 5.32 Å². The van der Waals surface area contributed by atoms with Gasteiger partial charge in [0.1, 0.15) is 0 Å². The van der Waals surface area contributed by atoms with Crippen molar-refractivity contribution in [3.8, 4) is 0 Å². The average Bonchev–Trinajstić information content (AvgIpc) is 2.35. The maximum atomic E-state index is 12.2. The van der Waals surface area contributed by atoms with Gasteiger partial charge in [-0.05, 0) is 37.5 Å². The molecule has 0 radical (unpaired) electrons. The van der Waals surface area contributed by atoms with Gasteiger partial charge >= 0.3 is 0 Å². The third-order valence-electron chi connectivity index (χ3n) is 3.25. The lowest BCUT2D eigenvalue weighted by molar-refractivity contribution is -0.126. The first-order chi connectivity index (χ1) is 8.90. The van der Waals surface area contributed by atoms with Crippen LogP contribution in [0.5, 0.6) is 0 Å².